The second kappa shape index (κ2) is 8.33. The van der Waals surface area contributed by atoms with Gasteiger partial charge in [-0.05, 0) is 31.4 Å². The molecular weight excluding hydrogens is 344 g/mol. The SMILES string of the molecule is Cc1ccc(CC(=O)N2CCCN(C(=O)C3=NNC(=O)CC3)CC2)c(C)c1. The van der Waals surface area contributed by atoms with Crippen molar-refractivity contribution in [1.82, 2.24) is 15.2 Å². The van der Waals surface area contributed by atoms with E-state index in [9.17, 15) is 14.4 Å². The van der Waals surface area contributed by atoms with Gasteiger partial charge in [0.05, 0.1) is 6.42 Å². The highest BCUT2D eigenvalue weighted by atomic mass is 16.2. The molecule has 1 fully saturated rings. The summed E-state index contributed by atoms with van der Waals surface area (Å²) in [4.78, 5) is 40.1. The zero-order chi connectivity index (χ0) is 19.4. The number of hydrogen-bond donors (Lipinski definition) is 1. The van der Waals surface area contributed by atoms with Gasteiger partial charge in [-0.3, -0.25) is 14.4 Å². The molecule has 0 aromatic heterocycles. The maximum Gasteiger partial charge on any atom is 0.270 e. The minimum atomic E-state index is -0.161. The molecule has 0 saturated carbocycles. The number of rotatable bonds is 3. The summed E-state index contributed by atoms with van der Waals surface area (Å²) >= 11 is 0. The number of amides is 3. The van der Waals surface area contributed by atoms with E-state index in [1.165, 1.54) is 5.56 Å². The van der Waals surface area contributed by atoms with Crippen LogP contribution in [-0.4, -0.2) is 59.4 Å². The van der Waals surface area contributed by atoms with Gasteiger partial charge in [-0.15, -0.1) is 0 Å². The van der Waals surface area contributed by atoms with E-state index in [0.29, 0.717) is 51.2 Å². The number of nitrogens with zero attached hydrogens (tertiary/aromatic N) is 3. The summed E-state index contributed by atoms with van der Waals surface area (Å²) in [6.45, 7) is 6.33. The molecule has 1 aromatic rings. The zero-order valence-corrected chi connectivity index (χ0v) is 16.0. The minimum Gasteiger partial charge on any atom is -0.341 e. The summed E-state index contributed by atoms with van der Waals surface area (Å²) in [5.74, 6) is -0.206. The Bertz CT molecular complexity index is 787. The predicted octanol–water partition coefficient (Wildman–Crippen LogP) is 1.17. The molecule has 0 spiro atoms. The molecule has 1 saturated heterocycles. The highest BCUT2D eigenvalue weighted by Gasteiger charge is 2.26. The Morgan fingerprint density at radius 3 is 2.52 bits per heavy atom. The first kappa shape index (κ1) is 19.1. The highest BCUT2D eigenvalue weighted by molar-refractivity contribution is 6.39. The maximum atomic E-state index is 12.7. The Hall–Kier alpha value is -2.70. The van der Waals surface area contributed by atoms with E-state index in [2.05, 4.69) is 16.6 Å². The molecule has 0 atom stereocenters. The van der Waals surface area contributed by atoms with Gasteiger partial charge in [-0.2, -0.15) is 5.10 Å². The topological polar surface area (TPSA) is 82.1 Å². The fourth-order valence-electron chi connectivity index (χ4n) is 3.50. The summed E-state index contributed by atoms with van der Waals surface area (Å²) in [5, 5.41) is 3.89. The molecule has 3 rings (SSSR count). The molecule has 0 aliphatic carbocycles. The second-order valence-electron chi connectivity index (χ2n) is 7.23. The van der Waals surface area contributed by atoms with E-state index in [1.54, 1.807) is 4.90 Å². The minimum absolute atomic E-state index is 0.0959. The summed E-state index contributed by atoms with van der Waals surface area (Å²) in [7, 11) is 0. The second-order valence-corrected chi connectivity index (χ2v) is 7.23. The standard InChI is InChI=1S/C20H26N4O3/c1-14-4-5-16(15(2)12-14)13-19(26)23-8-3-9-24(11-10-23)20(27)17-6-7-18(25)22-21-17/h4-5,12H,3,6-11,13H2,1-2H3,(H,22,25). The first-order valence-corrected chi connectivity index (χ1v) is 9.42. The number of aryl methyl sites for hydroxylation is 2. The Labute approximate surface area is 159 Å². The van der Waals surface area contributed by atoms with Crippen LogP contribution in [0, 0.1) is 13.8 Å². The van der Waals surface area contributed by atoms with Crippen molar-refractivity contribution in [2.45, 2.75) is 39.5 Å². The smallest absolute Gasteiger partial charge is 0.270 e. The fourth-order valence-corrected chi connectivity index (χ4v) is 3.50. The van der Waals surface area contributed by atoms with Crippen molar-refractivity contribution in [3.05, 3.63) is 34.9 Å². The number of hydrogen-bond acceptors (Lipinski definition) is 4. The number of benzene rings is 1. The number of hydrazone groups is 1. The number of carbonyl (C=O) groups excluding carboxylic acids is 3. The van der Waals surface area contributed by atoms with E-state index in [0.717, 1.165) is 17.5 Å². The van der Waals surface area contributed by atoms with Crippen LogP contribution in [0.1, 0.15) is 36.0 Å². The Morgan fingerprint density at radius 1 is 1.07 bits per heavy atom. The van der Waals surface area contributed by atoms with Crippen LogP contribution in [0.4, 0.5) is 0 Å². The zero-order valence-electron chi connectivity index (χ0n) is 16.0. The van der Waals surface area contributed by atoms with Crippen LogP contribution in [0.3, 0.4) is 0 Å². The Kier molecular flexibility index (Phi) is 5.88. The van der Waals surface area contributed by atoms with Crippen molar-refractivity contribution in [2.24, 2.45) is 5.10 Å². The molecule has 1 N–H and O–H groups in total. The molecule has 144 valence electrons. The molecule has 3 amide bonds. The van der Waals surface area contributed by atoms with Gasteiger partial charge in [0.2, 0.25) is 11.8 Å². The molecule has 2 heterocycles. The van der Waals surface area contributed by atoms with E-state index in [1.807, 2.05) is 30.9 Å². The largest absolute Gasteiger partial charge is 0.341 e. The number of nitrogens with one attached hydrogen (secondary N) is 1. The van der Waals surface area contributed by atoms with Gasteiger partial charge in [-0.1, -0.05) is 23.8 Å². The van der Waals surface area contributed by atoms with Crippen molar-refractivity contribution < 1.29 is 14.4 Å². The summed E-state index contributed by atoms with van der Waals surface area (Å²) in [6.07, 6.45) is 1.79. The Balaban J connectivity index is 1.58. The molecular formula is C20H26N4O3. The summed E-state index contributed by atoms with van der Waals surface area (Å²) in [6, 6.07) is 6.14. The lowest BCUT2D eigenvalue weighted by Crippen LogP contribution is -2.42. The van der Waals surface area contributed by atoms with Gasteiger partial charge in [0.1, 0.15) is 5.71 Å². The number of carbonyl (C=O) groups is 3. The first-order chi connectivity index (χ1) is 12.9. The van der Waals surface area contributed by atoms with Crippen LogP contribution in [0.2, 0.25) is 0 Å². The van der Waals surface area contributed by atoms with Crippen molar-refractivity contribution >= 4 is 23.4 Å². The molecule has 7 nitrogen and oxygen atoms in total. The lowest BCUT2D eigenvalue weighted by Gasteiger charge is -2.23. The van der Waals surface area contributed by atoms with Gasteiger partial charge in [0.25, 0.3) is 5.91 Å². The van der Waals surface area contributed by atoms with E-state index in [-0.39, 0.29) is 17.7 Å². The van der Waals surface area contributed by atoms with E-state index in [4.69, 9.17) is 0 Å². The predicted molar refractivity (Wildman–Crippen MR) is 102 cm³/mol. The summed E-state index contributed by atoms with van der Waals surface area (Å²) in [5.41, 5.74) is 6.13. The average molecular weight is 370 g/mol. The van der Waals surface area contributed by atoms with Crippen LogP contribution >= 0.6 is 0 Å². The molecule has 0 unspecified atom stereocenters. The van der Waals surface area contributed by atoms with Crippen LogP contribution in [0.25, 0.3) is 0 Å². The van der Waals surface area contributed by atoms with E-state index < -0.39 is 0 Å². The van der Waals surface area contributed by atoms with Crippen molar-refractivity contribution in [3.63, 3.8) is 0 Å². The van der Waals surface area contributed by atoms with Gasteiger partial charge in [0, 0.05) is 39.0 Å². The molecule has 2 aliphatic rings. The van der Waals surface area contributed by atoms with Crippen molar-refractivity contribution in [2.75, 3.05) is 26.2 Å². The highest BCUT2D eigenvalue weighted by Crippen LogP contribution is 2.14. The monoisotopic (exact) mass is 370 g/mol. The third kappa shape index (κ3) is 4.72. The van der Waals surface area contributed by atoms with Gasteiger partial charge in [-0.25, -0.2) is 5.43 Å². The third-order valence-corrected chi connectivity index (χ3v) is 5.13. The van der Waals surface area contributed by atoms with Crippen molar-refractivity contribution in [3.8, 4) is 0 Å². The van der Waals surface area contributed by atoms with Crippen LogP contribution < -0.4 is 5.43 Å². The van der Waals surface area contributed by atoms with Gasteiger partial charge >= 0.3 is 0 Å². The Morgan fingerprint density at radius 2 is 1.81 bits per heavy atom. The van der Waals surface area contributed by atoms with Crippen molar-refractivity contribution in [1.29, 1.82) is 0 Å². The average Bonchev–Trinajstić information content (AvgIpc) is 2.90. The van der Waals surface area contributed by atoms with Crippen LogP contribution in [0.5, 0.6) is 0 Å². The van der Waals surface area contributed by atoms with Gasteiger partial charge < -0.3 is 9.80 Å². The fraction of sp³-hybridized carbons (Fsp3) is 0.500. The lowest BCUT2D eigenvalue weighted by molar-refractivity contribution is -0.131. The first-order valence-electron chi connectivity index (χ1n) is 9.42. The molecule has 2 aliphatic heterocycles. The maximum absolute atomic E-state index is 12.7. The van der Waals surface area contributed by atoms with Crippen LogP contribution in [-0.2, 0) is 20.8 Å². The van der Waals surface area contributed by atoms with Crippen LogP contribution in [0.15, 0.2) is 23.3 Å². The molecule has 7 heteroatoms. The molecule has 0 radical (unpaired) electrons. The van der Waals surface area contributed by atoms with E-state index >= 15 is 0 Å². The van der Waals surface area contributed by atoms with Gasteiger partial charge in [0.15, 0.2) is 0 Å². The summed E-state index contributed by atoms with van der Waals surface area (Å²) < 4.78 is 0. The molecule has 27 heavy (non-hydrogen) atoms. The molecule has 0 bridgehead atoms. The lowest BCUT2D eigenvalue weighted by atomic mass is 10.0. The molecule has 1 aromatic carbocycles. The normalized spacial score (nSPS) is 17.9. The quantitative estimate of drug-likeness (QED) is 0.867. The third-order valence-electron chi connectivity index (χ3n) is 5.13.